The van der Waals surface area contributed by atoms with Crippen molar-refractivity contribution in [1.29, 1.82) is 0 Å². The van der Waals surface area contributed by atoms with E-state index in [2.05, 4.69) is 0 Å². The van der Waals surface area contributed by atoms with Crippen molar-refractivity contribution < 1.29 is 19.7 Å². The fourth-order valence-corrected chi connectivity index (χ4v) is 3.99. The lowest BCUT2D eigenvalue weighted by Gasteiger charge is -2.40. The van der Waals surface area contributed by atoms with Crippen LogP contribution in [0.3, 0.4) is 0 Å². The molecule has 0 saturated carbocycles. The Morgan fingerprint density at radius 1 is 0.690 bits per heavy atom. The van der Waals surface area contributed by atoms with E-state index in [1.54, 1.807) is 21.1 Å². The van der Waals surface area contributed by atoms with E-state index < -0.39 is 17.6 Å². The Morgan fingerprint density at radius 2 is 1.10 bits per heavy atom. The van der Waals surface area contributed by atoms with Crippen molar-refractivity contribution in [2.24, 2.45) is 0 Å². The molecule has 2 N–H and O–H groups in total. The van der Waals surface area contributed by atoms with Crippen molar-refractivity contribution in [2.75, 3.05) is 14.2 Å². The van der Waals surface area contributed by atoms with Gasteiger partial charge in [0.2, 0.25) is 0 Å². The summed E-state index contributed by atoms with van der Waals surface area (Å²) in [6.45, 7) is 1.70. The molecule has 0 aliphatic heterocycles. The van der Waals surface area contributed by atoms with Gasteiger partial charge in [-0.05, 0) is 47.9 Å². The summed E-state index contributed by atoms with van der Waals surface area (Å²) in [6.07, 6.45) is -1.27. The normalized spacial score (nSPS) is 13.6. The van der Waals surface area contributed by atoms with Crippen LogP contribution in [0.25, 0.3) is 0 Å². The number of ether oxygens (including phenoxy) is 2. The Hall–Kier alpha value is -2.82. The maximum absolute atomic E-state index is 11.5. The molecular weight excluding hydrogens is 364 g/mol. The average Bonchev–Trinajstić information content (AvgIpc) is 2.75. The number of hydrogen-bond donors (Lipinski definition) is 2. The monoisotopic (exact) mass is 392 g/mol. The first kappa shape index (κ1) is 20.9. The highest BCUT2D eigenvalue weighted by Crippen LogP contribution is 2.44. The van der Waals surface area contributed by atoms with Gasteiger partial charge in [0.05, 0.1) is 31.8 Å². The van der Waals surface area contributed by atoms with E-state index in [0.29, 0.717) is 0 Å². The van der Waals surface area contributed by atoms with Crippen molar-refractivity contribution in [3.63, 3.8) is 0 Å². The van der Waals surface area contributed by atoms with Gasteiger partial charge in [0, 0.05) is 6.42 Å². The third-order valence-electron chi connectivity index (χ3n) is 5.38. The smallest absolute Gasteiger partial charge is 0.118 e. The van der Waals surface area contributed by atoms with Crippen LogP contribution in [0.1, 0.15) is 30.0 Å². The van der Waals surface area contributed by atoms with Gasteiger partial charge >= 0.3 is 0 Å². The zero-order valence-corrected chi connectivity index (χ0v) is 17.1. The van der Waals surface area contributed by atoms with Crippen LogP contribution in [0.2, 0.25) is 0 Å². The molecule has 0 aromatic heterocycles. The molecule has 0 bridgehead atoms. The van der Waals surface area contributed by atoms with Crippen LogP contribution in [0.5, 0.6) is 11.5 Å². The minimum atomic E-state index is -0.864. The van der Waals surface area contributed by atoms with E-state index >= 15 is 0 Å². The van der Waals surface area contributed by atoms with Crippen LogP contribution >= 0.6 is 0 Å². The minimum absolute atomic E-state index is 0.229. The molecule has 0 saturated heterocycles. The molecular formula is C25H28O4. The van der Waals surface area contributed by atoms with Crippen LogP contribution in [0.4, 0.5) is 0 Å². The van der Waals surface area contributed by atoms with E-state index in [0.717, 1.165) is 28.2 Å². The van der Waals surface area contributed by atoms with Crippen molar-refractivity contribution >= 4 is 0 Å². The Labute approximate surface area is 172 Å². The van der Waals surface area contributed by atoms with Gasteiger partial charge in [-0.2, -0.15) is 0 Å². The topological polar surface area (TPSA) is 58.9 Å². The van der Waals surface area contributed by atoms with Crippen molar-refractivity contribution in [3.05, 3.63) is 95.6 Å². The summed E-state index contributed by atoms with van der Waals surface area (Å²) in [4.78, 5) is 0. The van der Waals surface area contributed by atoms with Crippen LogP contribution in [0.15, 0.2) is 78.9 Å². The number of aliphatic hydroxyl groups excluding tert-OH is 2. The second-order valence-corrected chi connectivity index (χ2v) is 7.23. The fourth-order valence-electron chi connectivity index (χ4n) is 3.99. The molecule has 0 fully saturated rings. The van der Waals surface area contributed by atoms with Gasteiger partial charge in [0.15, 0.2) is 0 Å². The summed E-state index contributed by atoms with van der Waals surface area (Å²) in [5.41, 5.74) is 1.92. The van der Waals surface area contributed by atoms with Gasteiger partial charge in [-0.15, -0.1) is 0 Å². The second-order valence-electron chi connectivity index (χ2n) is 7.23. The molecule has 0 amide bonds. The molecule has 0 aliphatic rings. The largest absolute Gasteiger partial charge is 0.497 e. The molecule has 3 aromatic rings. The summed E-state index contributed by atoms with van der Waals surface area (Å²) in [5.74, 6) is 1.49. The molecule has 2 unspecified atom stereocenters. The molecule has 29 heavy (non-hydrogen) atoms. The first-order valence-corrected chi connectivity index (χ1v) is 9.73. The van der Waals surface area contributed by atoms with E-state index in [-0.39, 0.29) is 6.42 Å². The highest BCUT2D eigenvalue weighted by molar-refractivity contribution is 5.53. The van der Waals surface area contributed by atoms with E-state index in [4.69, 9.17) is 9.47 Å². The van der Waals surface area contributed by atoms with Gasteiger partial charge in [0.1, 0.15) is 11.5 Å². The van der Waals surface area contributed by atoms with Gasteiger partial charge < -0.3 is 19.7 Å². The highest BCUT2D eigenvalue weighted by atomic mass is 16.5. The zero-order valence-electron chi connectivity index (χ0n) is 17.1. The van der Waals surface area contributed by atoms with Crippen molar-refractivity contribution in [1.82, 2.24) is 0 Å². The van der Waals surface area contributed by atoms with Gasteiger partial charge in [-0.25, -0.2) is 0 Å². The molecule has 152 valence electrons. The Bertz CT molecular complexity index is 839. The number of rotatable bonds is 8. The average molecular weight is 392 g/mol. The third-order valence-corrected chi connectivity index (χ3v) is 5.38. The maximum atomic E-state index is 11.5. The number of methoxy groups -OCH3 is 2. The van der Waals surface area contributed by atoms with Crippen LogP contribution < -0.4 is 9.47 Å². The Morgan fingerprint density at radius 3 is 1.48 bits per heavy atom. The van der Waals surface area contributed by atoms with Crippen molar-refractivity contribution in [2.45, 2.75) is 31.0 Å². The molecule has 3 rings (SSSR count). The summed E-state index contributed by atoms with van der Waals surface area (Å²) in [6, 6.07) is 25.4. The fraction of sp³-hybridized carbons (Fsp3) is 0.280. The van der Waals surface area contributed by atoms with E-state index in [9.17, 15) is 10.2 Å². The van der Waals surface area contributed by atoms with Gasteiger partial charge in [0.25, 0.3) is 0 Å². The van der Waals surface area contributed by atoms with E-state index in [1.807, 2.05) is 78.9 Å². The number of benzene rings is 3. The second kappa shape index (κ2) is 9.12. The summed E-state index contributed by atoms with van der Waals surface area (Å²) >= 11 is 0. The lowest BCUT2D eigenvalue weighted by molar-refractivity contribution is 0.0588. The molecule has 0 heterocycles. The van der Waals surface area contributed by atoms with E-state index in [1.165, 1.54) is 0 Å². The quantitative estimate of drug-likeness (QED) is 0.565. The van der Waals surface area contributed by atoms with Crippen LogP contribution in [-0.4, -0.2) is 36.6 Å². The summed E-state index contributed by atoms with van der Waals surface area (Å²) in [7, 11) is 3.26. The van der Waals surface area contributed by atoms with Crippen molar-refractivity contribution in [3.8, 4) is 11.5 Å². The molecule has 4 heteroatoms. The van der Waals surface area contributed by atoms with Gasteiger partial charge in [-0.3, -0.25) is 0 Å². The standard InChI is InChI=1S/C25H28O4/c1-18(26)17-24(27)25(19-7-5-4-6-8-19,20-9-13-22(28-2)14-10-20)21-11-15-23(29-3)16-12-21/h4-16,18,24,26-27H,17H2,1-3H3. The predicted octanol–water partition coefficient (Wildman–Crippen LogP) is 4.17. The predicted molar refractivity (Wildman–Crippen MR) is 115 cm³/mol. The van der Waals surface area contributed by atoms with Crippen LogP contribution in [-0.2, 0) is 5.41 Å². The van der Waals surface area contributed by atoms with Crippen LogP contribution in [0, 0.1) is 0 Å². The lowest BCUT2D eigenvalue weighted by Crippen LogP contribution is -2.43. The molecule has 2 atom stereocenters. The molecule has 0 spiro atoms. The SMILES string of the molecule is COc1ccc(C(c2ccccc2)(c2ccc(OC)cc2)C(O)CC(C)O)cc1. The molecule has 0 aliphatic carbocycles. The minimum Gasteiger partial charge on any atom is -0.497 e. The zero-order chi connectivity index (χ0) is 20.9. The Balaban J connectivity index is 2.30. The summed E-state index contributed by atoms with van der Waals surface area (Å²) < 4.78 is 10.7. The summed E-state index contributed by atoms with van der Waals surface area (Å²) in [5, 5.41) is 21.6. The lowest BCUT2D eigenvalue weighted by atomic mass is 9.64. The first-order chi connectivity index (χ1) is 14.0. The highest BCUT2D eigenvalue weighted by Gasteiger charge is 2.43. The number of aliphatic hydroxyl groups is 2. The van der Waals surface area contributed by atoms with Gasteiger partial charge in [-0.1, -0.05) is 54.6 Å². The number of hydrogen-bond acceptors (Lipinski definition) is 4. The Kier molecular flexibility index (Phi) is 6.57. The molecule has 4 nitrogen and oxygen atoms in total. The molecule has 0 radical (unpaired) electrons. The first-order valence-electron chi connectivity index (χ1n) is 9.73. The third kappa shape index (κ3) is 4.14. The maximum Gasteiger partial charge on any atom is 0.118 e. The molecule has 3 aromatic carbocycles.